The highest BCUT2D eigenvalue weighted by Gasteiger charge is 2.25. The standard InChI is InChI=1S/C24H29N5O4S/c1-16-13-23(30)26-21-7-5-17(14-19(16)21)25-24(31)20-15-18(34(32,33)27(2)3)6-8-22(20)29-11-9-28(4)10-12-29/h5-8,13-15H,9-12H2,1-4H3,(H,25,31)(H,26,30). The average Bonchev–Trinajstić information content (AvgIpc) is 2.79. The molecule has 9 nitrogen and oxygen atoms in total. The number of anilines is 2. The van der Waals surface area contributed by atoms with Crippen LogP contribution in [-0.4, -0.2) is 75.8 Å². The molecule has 1 saturated heterocycles. The van der Waals surface area contributed by atoms with Crippen molar-refractivity contribution in [2.45, 2.75) is 11.8 Å². The molecule has 0 radical (unpaired) electrons. The third-order valence-electron chi connectivity index (χ3n) is 6.14. The summed E-state index contributed by atoms with van der Waals surface area (Å²) in [6, 6.07) is 11.5. The van der Waals surface area contributed by atoms with Gasteiger partial charge in [-0.1, -0.05) is 0 Å². The van der Waals surface area contributed by atoms with Gasteiger partial charge in [0.25, 0.3) is 5.91 Å². The van der Waals surface area contributed by atoms with E-state index >= 15 is 0 Å². The van der Waals surface area contributed by atoms with Crippen LogP contribution in [0.2, 0.25) is 0 Å². The van der Waals surface area contributed by atoms with Crippen LogP contribution in [-0.2, 0) is 10.0 Å². The fourth-order valence-electron chi connectivity index (χ4n) is 4.09. The van der Waals surface area contributed by atoms with Crippen molar-refractivity contribution in [3.8, 4) is 0 Å². The minimum Gasteiger partial charge on any atom is -0.368 e. The maximum atomic E-state index is 13.5. The van der Waals surface area contributed by atoms with Crippen molar-refractivity contribution < 1.29 is 13.2 Å². The molecule has 0 unspecified atom stereocenters. The van der Waals surface area contributed by atoms with Crippen LogP contribution >= 0.6 is 0 Å². The Labute approximate surface area is 199 Å². The first kappa shape index (κ1) is 23.9. The zero-order valence-corrected chi connectivity index (χ0v) is 20.6. The van der Waals surface area contributed by atoms with Crippen LogP contribution in [0, 0.1) is 6.92 Å². The minimum atomic E-state index is -3.71. The number of hydrogen-bond acceptors (Lipinski definition) is 6. The van der Waals surface area contributed by atoms with E-state index in [-0.39, 0.29) is 10.5 Å². The molecule has 1 aliphatic rings. The molecular formula is C24H29N5O4S. The fraction of sp³-hybridized carbons (Fsp3) is 0.333. The highest BCUT2D eigenvalue weighted by atomic mass is 32.2. The Morgan fingerprint density at radius 3 is 2.41 bits per heavy atom. The highest BCUT2D eigenvalue weighted by Crippen LogP contribution is 2.28. The van der Waals surface area contributed by atoms with Gasteiger partial charge in [0.05, 0.1) is 10.5 Å². The van der Waals surface area contributed by atoms with Gasteiger partial charge in [0.15, 0.2) is 0 Å². The molecule has 0 atom stereocenters. The zero-order valence-electron chi connectivity index (χ0n) is 19.8. The molecule has 1 fully saturated rings. The number of sulfonamides is 1. The summed E-state index contributed by atoms with van der Waals surface area (Å²) in [4.78, 5) is 32.4. The van der Waals surface area contributed by atoms with Gasteiger partial charge in [0.1, 0.15) is 0 Å². The zero-order chi connectivity index (χ0) is 24.6. The summed E-state index contributed by atoms with van der Waals surface area (Å²) in [5, 5.41) is 3.73. The summed E-state index contributed by atoms with van der Waals surface area (Å²) in [5.41, 5.74) is 2.85. The molecule has 4 rings (SSSR count). The molecule has 2 heterocycles. The van der Waals surface area contributed by atoms with Crippen LogP contribution in [0.3, 0.4) is 0 Å². The van der Waals surface area contributed by atoms with E-state index in [1.165, 1.54) is 26.2 Å². The largest absolute Gasteiger partial charge is 0.368 e. The maximum Gasteiger partial charge on any atom is 0.257 e. The second-order valence-electron chi connectivity index (χ2n) is 8.79. The summed E-state index contributed by atoms with van der Waals surface area (Å²) in [6.45, 7) is 5.00. The lowest BCUT2D eigenvalue weighted by atomic mass is 10.1. The first-order valence-electron chi connectivity index (χ1n) is 11.0. The number of hydrogen-bond donors (Lipinski definition) is 2. The predicted octanol–water partition coefficient (Wildman–Crippen LogP) is 2.09. The van der Waals surface area contributed by atoms with Crippen molar-refractivity contribution in [3.63, 3.8) is 0 Å². The van der Waals surface area contributed by atoms with Crippen LogP contribution in [0.4, 0.5) is 11.4 Å². The number of aryl methyl sites for hydroxylation is 1. The molecule has 3 aromatic rings. The number of nitrogens with zero attached hydrogens (tertiary/aromatic N) is 3. The summed E-state index contributed by atoms with van der Waals surface area (Å²) in [5.74, 6) is -0.397. The number of likely N-dealkylation sites (N-methyl/N-ethyl adjacent to an activating group) is 1. The second-order valence-corrected chi connectivity index (χ2v) is 10.9. The second kappa shape index (κ2) is 9.21. The van der Waals surface area contributed by atoms with E-state index in [1.54, 1.807) is 30.3 Å². The van der Waals surface area contributed by atoms with E-state index in [2.05, 4.69) is 20.1 Å². The molecule has 2 N–H and O–H groups in total. The number of aromatic nitrogens is 1. The van der Waals surface area contributed by atoms with Gasteiger partial charge in [0, 0.05) is 68.6 Å². The van der Waals surface area contributed by atoms with Gasteiger partial charge in [-0.25, -0.2) is 12.7 Å². The number of pyridine rings is 1. The molecule has 180 valence electrons. The molecule has 1 aromatic heterocycles. The van der Waals surface area contributed by atoms with Gasteiger partial charge < -0.3 is 20.1 Å². The van der Waals surface area contributed by atoms with E-state index < -0.39 is 15.9 Å². The Morgan fingerprint density at radius 2 is 1.74 bits per heavy atom. The van der Waals surface area contributed by atoms with E-state index in [0.29, 0.717) is 22.5 Å². The molecule has 0 aliphatic carbocycles. The molecular weight excluding hydrogens is 454 g/mol. The van der Waals surface area contributed by atoms with Crippen LogP contribution in [0.25, 0.3) is 10.9 Å². The fourth-order valence-corrected chi connectivity index (χ4v) is 5.02. The van der Waals surface area contributed by atoms with Gasteiger partial charge in [-0.15, -0.1) is 0 Å². The average molecular weight is 484 g/mol. The third-order valence-corrected chi connectivity index (χ3v) is 7.95. The van der Waals surface area contributed by atoms with Crippen LogP contribution < -0.4 is 15.8 Å². The van der Waals surface area contributed by atoms with Gasteiger partial charge in [0.2, 0.25) is 15.6 Å². The Balaban J connectivity index is 1.73. The number of aromatic amines is 1. The van der Waals surface area contributed by atoms with Gasteiger partial charge in [-0.2, -0.15) is 0 Å². The third kappa shape index (κ3) is 4.70. The molecule has 0 saturated carbocycles. The van der Waals surface area contributed by atoms with E-state index in [4.69, 9.17) is 0 Å². The lowest BCUT2D eigenvalue weighted by Crippen LogP contribution is -2.45. The molecule has 0 bridgehead atoms. The molecule has 10 heteroatoms. The van der Waals surface area contributed by atoms with Crippen molar-refractivity contribution in [3.05, 3.63) is 63.9 Å². The smallest absolute Gasteiger partial charge is 0.257 e. The highest BCUT2D eigenvalue weighted by molar-refractivity contribution is 7.89. The Bertz CT molecular complexity index is 1410. The van der Waals surface area contributed by atoms with Crippen molar-refractivity contribution in [2.75, 3.05) is 57.5 Å². The molecule has 1 amide bonds. The number of benzene rings is 2. The van der Waals surface area contributed by atoms with Crippen molar-refractivity contribution >= 4 is 38.2 Å². The molecule has 34 heavy (non-hydrogen) atoms. The lowest BCUT2D eigenvalue weighted by Gasteiger charge is -2.35. The summed E-state index contributed by atoms with van der Waals surface area (Å²) >= 11 is 0. The monoisotopic (exact) mass is 483 g/mol. The molecule has 2 aromatic carbocycles. The van der Waals surface area contributed by atoms with Crippen LogP contribution in [0.1, 0.15) is 15.9 Å². The van der Waals surface area contributed by atoms with Crippen molar-refractivity contribution in [1.82, 2.24) is 14.2 Å². The normalized spacial score (nSPS) is 15.1. The number of carbonyl (C=O) groups excluding carboxylic acids is 1. The molecule has 0 spiro atoms. The summed E-state index contributed by atoms with van der Waals surface area (Å²) in [7, 11) is 1.27. The predicted molar refractivity (Wildman–Crippen MR) is 134 cm³/mol. The number of fused-ring (bicyclic) bond motifs is 1. The Kier molecular flexibility index (Phi) is 6.48. The quantitative estimate of drug-likeness (QED) is 0.576. The van der Waals surface area contributed by atoms with E-state index in [9.17, 15) is 18.0 Å². The van der Waals surface area contributed by atoms with Gasteiger partial charge in [-0.05, 0) is 55.9 Å². The SMILES string of the molecule is Cc1cc(=O)[nH]c2ccc(NC(=O)c3cc(S(=O)(=O)N(C)C)ccc3N3CCN(C)CC3)cc12. The Hall–Kier alpha value is -3.21. The first-order valence-corrected chi connectivity index (χ1v) is 12.5. The number of nitrogens with one attached hydrogen (secondary N) is 2. The van der Waals surface area contributed by atoms with Crippen LogP contribution in [0.15, 0.2) is 52.2 Å². The summed E-state index contributed by atoms with van der Waals surface area (Å²) < 4.78 is 26.6. The maximum absolute atomic E-state index is 13.5. The number of carbonyl (C=O) groups is 1. The van der Waals surface area contributed by atoms with E-state index in [1.807, 2.05) is 14.0 Å². The van der Waals surface area contributed by atoms with Crippen molar-refractivity contribution in [1.29, 1.82) is 0 Å². The van der Waals surface area contributed by atoms with E-state index in [0.717, 1.165) is 41.4 Å². The van der Waals surface area contributed by atoms with Crippen molar-refractivity contribution in [2.24, 2.45) is 0 Å². The number of amides is 1. The van der Waals surface area contributed by atoms with Gasteiger partial charge >= 0.3 is 0 Å². The van der Waals surface area contributed by atoms with Gasteiger partial charge in [-0.3, -0.25) is 9.59 Å². The molecule has 1 aliphatic heterocycles. The number of rotatable bonds is 5. The summed E-state index contributed by atoms with van der Waals surface area (Å²) in [6.07, 6.45) is 0. The van der Waals surface area contributed by atoms with Crippen LogP contribution in [0.5, 0.6) is 0 Å². The topological polar surface area (TPSA) is 106 Å². The number of piperazine rings is 1. The minimum absolute atomic E-state index is 0.0625. The Morgan fingerprint density at radius 1 is 1.03 bits per heavy atom. The first-order chi connectivity index (χ1) is 16.1. The lowest BCUT2D eigenvalue weighted by molar-refractivity contribution is 0.102. The number of H-pyrrole nitrogens is 1.